The predicted octanol–water partition coefficient (Wildman–Crippen LogP) is 4.55. The molecule has 1 saturated carbocycles. The summed E-state index contributed by atoms with van der Waals surface area (Å²) in [5, 5.41) is 14.9. The van der Waals surface area contributed by atoms with Crippen molar-refractivity contribution in [1.29, 1.82) is 5.26 Å². The number of hydrogen-bond donors (Lipinski definition) is 1. The van der Waals surface area contributed by atoms with Crippen molar-refractivity contribution < 1.29 is 4.79 Å². The zero-order chi connectivity index (χ0) is 22.3. The van der Waals surface area contributed by atoms with Gasteiger partial charge < -0.3 is 10.2 Å². The van der Waals surface area contributed by atoms with Crippen LogP contribution in [0.25, 0.3) is 10.8 Å². The largest absolute Gasteiger partial charge is 0.370 e. The van der Waals surface area contributed by atoms with Gasteiger partial charge in [0.2, 0.25) is 5.91 Å². The van der Waals surface area contributed by atoms with E-state index in [1.165, 1.54) is 6.33 Å². The molecule has 2 fully saturated rings. The van der Waals surface area contributed by atoms with Crippen LogP contribution in [-0.2, 0) is 4.79 Å². The van der Waals surface area contributed by atoms with Crippen LogP contribution in [0.15, 0.2) is 43.1 Å². The average Bonchev–Trinajstić information content (AvgIpc) is 3.61. The summed E-state index contributed by atoms with van der Waals surface area (Å²) in [6.07, 6.45) is 9.18. The number of pyridine rings is 1. The number of amides is 1. The maximum atomic E-state index is 12.7. The predicted molar refractivity (Wildman–Crippen MR) is 123 cm³/mol. The Hall–Kier alpha value is -3.24. The van der Waals surface area contributed by atoms with Crippen molar-refractivity contribution in [3.8, 4) is 6.07 Å². The SMILES string of the molecule is CC1(C#N)CCN(c2cc3cc(NC(=O)[C@@H]4C[C@H]4c4cncnc4)ncc3cc2Cl)CC1. The number of halogens is 1. The molecule has 3 heterocycles. The summed E-state index contributed by atoms with van der Waals surface area (Å²) in [6.45, 7) is 3.59. The van der Waals surface area contributed by atoms with E-state index in [1.807, 2.05) is 25.1 Å². The van der Waals surface area contributed by atoms with Crippen molar-refractivity contribution in [3.05, 3.63) is 53.7 Å². The number of anilines is 2. The summed E-state index contributed by atoms with van der Waals surface area (Å²) in [7, 11) is 0. The lowest BCUT2D eigenvalue weighted by Crippen LogP contribution is -2.38. The monoisotopic (exact) mass is 446 g/mol. The molecule has 1 saturated heterocycles. The number of piperidine rings is 1. The molecule has 3 aromatic rings. The zero-order valence-corrected chi connectivity index (χ0v) is 18.5. The second-order valence-electron chi connectivity index (χ2n) is 8.99. The quantitative estimate of drug-likeness (QED) is 0.631. The molecule has 0 spiro atoms. The van der Waals surface area contributed by atoms with Gasteiger partial charge in [0, 0.05) is 43.0 Å². The molecule has 2 aliphatic rings. The molecule has 2 atom stereocenters. The van der Waals surface area contributed by atoms with Gasteiger partial charge >= 0.3 is 0 Å². The number of rotatable bonds is 4. The molecule has 2 aromatic heterocycles. The lowest BCUT2D eigenvalue weighted by molar-refractivity contribution is -0.117. The van der Waals surface area contributed by atoms with E-state index >= 15 is 0 Å². The highest BCUT2D eigenvalue weighted by molar-refractivity contribution is 6.34. The molecule has 1 N–H and O–H groups in total. The van der Waals surface area contributed by atoms with E-state index in [9.17, 15) is 10.1 Å². The van der Waals surface area contributed by atoms with Crippen molar-refractivity contribution in [2.45, 2.75) is 32.1 Å². The Morgan fingerprint density at radius 3 is 2.66 bits per heavy atom. The van der Waals surface area contributed by atoms with Crippen LogP contribution in [0.1, 0.15) is 37.7 Å². The molecule has 0 radical (unpaired) electrons. The van der Waals surface area contributed by atoms with E-state index in [1.54, 1.807) is 18.6 Å². The highest BCUT2D eigenvalue weighted by Crippen LogP contribution is 2.47. The van der Waals surface area contributed by atoms with E-state index in [4.69, 9.17) is 11.6 Å². The minimum Gasteiger partial charge on any atom is -0.370 e. The first-order chi connectivity index (χ1) is 15.5. The average molecular weight is 447 g/mol. The van der Waals surface area contributed by atoms with Crippen molar-refractivity contribution in [2.75, 3.05) is 23.3 Å². The van der Waals surface area contributed by atoms with Crippen LogP contribution in [-0.4, -0.2) is 33.9 Å². The van der Waals surface area contributed by atoms with Crippen molar-refractivity contribution in [2.24, 2.45) is 11.3 Å². The molecule has 1 amide bonds. The summed E-state index contributed by atoms with van der Waals surface area (Å²) in [4.78, 5) is 27.4. The number of carbonyl (C=O) groups is 1. The lowest BCUT2D eigenvalue weighted by atomic mass is 9.82. The number of fused-ring (bicyclic) bond motifs is 1. The van der Waals surface area contributed by atoms with E-state index in [2.05, 4.69) is 31.2 Å². The highest BCUT2D eigenvalue weighted by Gasteiger charge is 2.44. The van der Waals surface area contributed by atoms with Gasteiger partial charge in [-0.15, -0.1) is 0 Å². The zero-order valence-electron chi connectivity index (χ0n) is 17.8. The molecule has 162 valence electrons. The third-order valence-electron chi connectivity index (χ3n) is 6.65. The van der Waals surface area contributed by atoms with Crippen LogP contribution in [0.4, 0.5) is 11.5 Å². The highest BCUT2D eigenvalue weighted by atomic mass is 35.5. The van der Waals surface area contributed by atoms with Crippen molar-refractivity contribution in [1.82, 2.24) is 15.0 Å². The Kier molecular flexibility index (Phi) is 5.18. The summed E-state index contributed by atoms with van der Waals surface area (Å²) < 4.78 is 0. The minimum atomic E-state index is -0.270. The van der Waals surface area contributed by atoms with Gasteiger partial charge in [-0.2, -0.15) is 5.26 Å². The standard InChI is InChI=1S/C24H23ClN6O/c1-24(13-26)2-4-31(5-3-24)21-7-15-8-22(29-12-16(15)6-20(21)25)30-23(32)19-9-18(19)17-10-27-14-28-11-17/h6-8,10-12,14,18-19H,2-5,9H2,1H3,(H,29,30,32)/t18-,19+/m0/s1. The summed E-state index contributed by atoms with van der Waals surface area (Å²) >= 11 is 6.58. The van der Waals surface area contributed by atoms with Gasteiger partial charge in [-0.3, -0.25) is 4.79 Å². The minimum absolute atomic E-state index is 0.0355. The first kappa shape index (κ1) is 20.7. The number of hydrogen-bond acceptors (Lipinski definition) is 6. The molecular weight excluding hydrogens is 424 g/mol. The molecule has 32 heavy (non-hydrogen) atoms. The smallest absolute Gasteiger partial charge is 0.229 e. The van der Waals surface area contributed by atoms with E-state index < -0.39 is 0 Å². The van der Waals surface area contributed by atoms with Gasteiger partial charge in [-0.1, -0.05) is 11.6 Å². The Labute approximate surface area is 191 Å². The van der Waals surface area contributed by atoms with Crippen molar-refractivity contribution in [3.63, 3.8) is 0 Å². The number of benzene rings is 1. The van der Waals surface area contributed by atoms with Gasteiger partial charge in [0.1, 0.15) is 12.1 Å². The van der Waals surface area contributed by atoms with Crippen LogP contribution in [0, 0.1) is 22.7 Å². The number of nitriles is 1. The Balaban J connectivity index is 1.32. The third-order valence-corrected chi connectivity index (χ3v) is 6.95. The molecule has 8 heteroatoms. The first-order valence-electron chi connectivity index (χ1n) is 10.8. The lowest BCUT2D eigenvalue weighted by Gasteiger charge is -2.36. The van der Waals surface area contributed by atoms with Crippen LogP contribution in [0.3, 0.4) is 0 Å². The number of nitrogens with one attached hydrogen (secondary N) is 1. The van der Waals surface area contributed by atoms with Gasteiger partial charge in [0.05, 0.1) is 22.2 Å². The first-order valence-corrected chi connectivity index (χ1v) is 11.1. The second kappa shape index (κ2) is 8.03. The van der Waals surface area contributed by atoms with E-state index in [0.717, 1.165) is 54.4 Å². The fourth-order valence-electron chi connectivity index (χ4n) is 4.39. The molecule has 7 nitrogen and oxygen atoms in total. The molecule has 5 rings (SSSR count). The molecular formula is C24H23ClN6O. The van der Waals surface area contributed by atoms with E-state index in [0.29, 0.717) is 10.8 Å². The fourth-order valence-corrected chi connectivity index (χ4v) is 4.68. The summed E-state index contributed by atoms with van der Waals surface area (Å²) in [5.41, 5.74) is 1.68. The Morgan fingerprint density at radius 2 is 1.94 bits per heavy atom. The molecule has 0 unspecified atom stereocenters. The third kappa shape index (κ3) is 3.98. The van der Waals surface area contributed by atoms with Gasteiger partial charge in [0.15, 0.2) is 0 Å². The normalized spacial score (nSPS) is 21.7. The van der Waals surface area contributed by atoms with Crippen LogP contribution >= 0.6 is 11.6 Å². The van der Waals surface area contributed by atoms with E-state index in [-0.39, 0.29) is 23.2 Å². The number of aromatic nitrogens is 3. The van der Waals surface area contributed by atoms with Gasteiger partial charge in [0.25, 0.3) is 0 Å². The maximum Gasteiger partial charge on any atom is 0.229 e. The second-order valence-corrected chi connectivity index (χ2v) is 9.40. The van der Waals surface area contributed by atoms with Gasteiger partial charge in [-0.05, 0) is 61.3 Å². The molecule has 1 aliphatic carbocycles. The Morgan fingerprint density at radius 1 is 1.19 bits per heavy atom. The maximum absolute atomic E-state index is 12.7. The summed E-state index contributed by atoms with van der Waals surface area (Å²) in [6, 6.07) is 8.28. The molecule has 0 bridgehead atoms. The summed E-state index contributed by atoms with van der Waals surface area (Å²) in [5.74, 6) is 0.579. The van der Waals surface area contributed by atoms with Crippen LogP contribution < -0.4 is 10.2 Å². The topological polar surface area (TPSA) is 94.8 Å². The van der Waals surface area contributed by atoms with Crippen LogP contribution in [0.5, 0.6) is 0 Å². The van der Waals surface area contributed by atoms with Gasteiger partial charge in [-0.25, -0.2) is 15.0 Å². The number of nitrogens with zero attached hydrogens (tertiary/aromatic N) is 5. The fraction of sp³-hybridized carbons (Fsp3) is 0.375. The molecule has 1 aliphatic heterocycles. The number of carbonyl (C=O) groups excluding carboxylic acids is 1. The Bertz CT molecular complexity index is 1220. The molecule has 1 aromatic carbocycles. The van der Waals surface area contributed by atoms with Crippen molar-refractivity contribution >= 4 is 39.8 Å². The van der Waals surface area contributed by atoms with Crippen LogP contribution in [0.2, 0.25) is 5.02 Å².